The van der Waals surface area contributed by atoms with Gasteiger partial charge in [-0.1, -0.05) is 46.3 Å². The Balaban J connectivity index is 2.59. The Morgan fingerprint density at radius 2 is 1.80 bits per heavy atom. The van der Waals surface area contributed by atoms with Crippen molar-refractivity contribution in [1.29, 1.82) is 0 Å². The van der Waals surface area contributed by atoms with Crippen LogP contribution in [-0.2, 0) is 5.33 Å². The first kappa shape index (κ1) is 10.4. The molecule has 0 heterocycles. The van der Waals surface area contributed by atoms with Gasteiger partial charge in [0.15, 0.2) is 5.78 Å². The molecule has 0 bridgehead atoms. The molecule has 0 N–H and O–H groups in total. The lowest BCUT2D eigenvalue weighted by Crippen LogP contribution is -1.91. The zero-order valence-electron chi connectivity index (χ0n) is 8.46. The highest BCUT2D eigenvalue weighted by Gasteiger charge is 2.01. The first-order valence-corrected chi connectivity index (χ1v) is 5.92. The second kappa shape index (κ2) is 4.15. The second-order valence-corrected chi connectivity index (χ2v) is 4.15. The summed E-state index contributed by atoms with van der Waals surface area (Å²) in [5, 5.41) is 3.15. The van der Waals surface area contributed by atoms with Crippen LogP contribution in [0.4, 0.5) is 0 Å². The van der Waals surface area contributed by atoms with E-state index in [1.54, 1.807) is 6.92 Å². The molecule has 0 spiro atoms. The van der Waals surface area contributed by atoms with Crippen molar-refractivity contribution < 1.29 is 4.79 Å². The molecule has 0 saturated carbocycles. The fraction of sp³-hybridized carbons (Fsp3) is 0.154. The van der Waals surface area contributed by atoms with Crippen LogP contribution in [0.15, 0.2) is 36.4 Å². The summed E-state index contributed by atoms with van der Waals surface area (Å²) in [5.74, 6) is 0.112. The number of carbonyl (C=O) groups excluding carboxylic acids is 1. The van der Waals surface area contributed by atoms with E-state index in [4.69, 9.17) is 0 Å². The van der Waals surface area contributed by atoms with Crippen molar-refractivity contribution in [2.75, 3.05) is 0 Å². The van der Waals surface area contributed by atoms with Crippen molar-refractivity contribution in [3.05, 3.63) is 47.5 Å². The van der Waals surface area contributed by atoms with Gasteiger partial charge >= 0.3 is 0 Å². The smallest absolute Gasteiger partial charge is 0.159 e. The SMILES string of the molecule is CC(=O)c1ccc2cc(CBr)ccc2c1. The van der Waals surface area contributed by atoms with Gasteiger partial charge in [-0.25, -0.2) is 0 Å². The molecule has 0 saturated heterocycles. The quantitative estimate of drug-likeness (QED) is 0.592. The predicted octanol–water partition coefficient (Wildman–Crippen LogP) is 3.94. The van der Waals surface area contributed by atoms with E-state index >= 15 is 0 Å². The van der Waals surface area contributed by atoms with E-state index in [0.717, 1.165) is 16.3 Å². The molecule has 0 aliphatic carbocycles. The zero-order valence-corrected chi connectivity index (χ0v) is 10.0. The number of hydrogen-bond acceptors (Lipinski definition) is 1. The van der Waals surface area contributed by atoms with Crippen LogP contribution in [0.1, 0.15) is 22.8 Å². The number of alkyl halides is 1. The topological polar surface area (TPSA) is 17.1 Å². The molecule has 0 aliphatic heterocycles. The Kier molecular flexibility index (Phi) is 2.87. The van der Waals surface area contributed by atoms with Crippen LogP contribution in [0.3, 0.4) is 0 Å². The summed E-state index contributed by atoms with van der Waals surface area (Å²) in [4.78, 5) is 11.2. The van der Waals surface area contributed by atoms with Gasteiger partial charge in [-0.15, -0.1) is 0 Å². The summed E-state index contributed by atoms with van der Waals surface area (Å²) in [6.07, 6.45) is 0. The van der Waals surface area contributed by atoms with Crippen LogP contribution >= 0.6 is 15.9 Å². The summed E-state index contributed by atoms with van der Waals surface area (Å²) in [6.45, 7) is 1.59. The Hall–Kier alpha value is -1.15. The van der Waals surface area contributed by atoms with Gasteiger partial charge in [0.25, 0.3) is 0 Å². The van der Waals surface area contributed by atoms with E-state index in [1.165, 1.54) is 10.9 Å². The molecule has 76 valence electrons. The lowest BCUT2D eigenvalue weighted by Gasteiger charge is -2.02. The van der Waals surface area contributed by atoms with Gasteiger partial charge in [-0.2, -0.15) is 0 Å². The molecule has 0 radical (unpaired) electrons. The maximum atomic E-state index is 11.2. The summed E-state index contributed by atoms with van der Waals surface area (Å²) in [6, 6.07) is 12.1. The fourth-order valence-electron chi connectivity index (χ4n) is 1.60. The molecule has 2 aromatic rings. The van der Waals surface area contributed by atoms with E-state index in [0.29, 0.717) is 0 Å². The van der Waals surface area contributed by atoms with E-state index in [2.05, 4.69) is 34.1 Å². The third-order valence-electron chi connectivity index (χ3n) is 2.47. The highest BCUT2D eigenvalue weighted by molar-refractivity contribution is 9.08. The van der Waals surface area contributed by atoms with Crippen molar-refractivity contribution in [2.24, 2.45) is 0 Å². The normalized spacial score (nSPS) is 10.5. The minimum absolute atomic E-state index is 0.112. The number of rotatable bonds is 2. The number of halogens is 1. The number of fused-ring (bicyclic) bond motifs is 1. The van der Waals surface area contributed by atoms with Gasteiger partial charge in [-0.3, -0.25) is 4.79 Å². The van der Waals surface area contributed by atoms with Crippen molar-refractivity contribution in [2.45, 2.75) is 12.3 Å². The van der Waals surface area contributed by atoms with Gasteiger partial charge in [0, 0.05) is 10.9 Å². The van der Waals surface area contributed by atoms with E-state index in [-0.39, 0.29) is 5.78 Å². The van der Waals surface area contributed by atoms with E-state index < -0.39 is 0 Å². The molecule has 0 amide bonds. The molecule has 0 fully saturated rings. The van der Waals surface area contributed by atoms with Crippen LogP contribution < -0.4 is 0 Å². The summed E-state index contributed by atoms with van der Waals surface area (Å²) >= 11 is 3.43. The molecule has 0 unspecified atom stereocenters. The van der Waals surface area contributed by atoms with Gasteiger partial charge in [0.2, 0.25) is 0 Å². The molecule has 0 aromatic heterocycles. The van der Waals surface area contributed by atoms with Crippen molar-refractivity contribution in [1.82, 2.24) is 0 Å². The van der Waals surface area contributed by atoms with Crippen LogP contribution in [-0.4, -0.2) is 5.78 Å². The maximum Gasteiger partial charge on any atom is 0.159 e. The third kappa shape index (κ3) is 2.10. The molecule has 2 heteroatoms. The maximum absolute atomic E-state index is 11.2. The third-order valence-corrected chi connectivity index (χ3v) is 3.11. The molecule has 0 atom stereocenters. The lowest BCUT2D eigenvalue weighted by atomic mass is 10.0. The highest BCUT2D eigenvalue weighted by Crippen LogP contribution is 2.19. The molecule has 15 heavy (non-hydrogen) atoms. The fourth-order valence-corrected chi connectivity index (χ4v) is 1.95. The van der Waals surface area contributed by atoms with E-state index in [1.807, 2.05) is 18.2 Å². The van der Waals surface area contributed by atoms with E-state index in [9.17, 15) is 4.79 Å². The van der Waals surface area contributed by atoms with Crippen molar-refractivity contribution in [3.8, 4) is 0 Å². The minimum Gasteiger partial charge on any atom is -0.295 e. The minimum atomic E-state index is 0.112. The first-order valence-electron chi connectivity index (χ1n) is 4.80. The largest absolute Gasteiger partial charge is 0.295 e. The van der Waals surface area contributed by atoms with Gasteiger partial charge in [0.05, 0.1) is 0 Å². The average Bonchev–Trinajstić information content (AvgIpc) is 2.27. The molecule has 1 nitrogen and oxygen atoms in total. The molecule has 2 aromatic carbocycles. The summed E-state index contributed by atoms with van der Waals surface area (Å²) in [5.41, 5.74) is 2.02. The molecular weight excluding hydrogens is 252 g/mol. The van der Waals surface area contributed by atoms with Crippen molar-refractivity contribution >= 4 is 32.5 Å². The Labute approximate surface area is 97.2 Å². The summed E-state index contributed by atoms with van der Waals surface area (Å²) < 4.78 is 0. The monoisotopic (exact) mass is 262 g/mol. The van der Waals surface area contributed by atoms with Gasteiger partial charge < -0.3 is 0 Å². The lowest BCUT2D eigenvalue weighted by molar-refractivity contribution is 0.101. The number of carbonyl (C=O) groups is 1. The first-order chi connectivity index (χ1) is 7.20. The standard InChI is InChI=1S/C13H11BrO/c1-9(15)11-4-5-12-6-10(8-14)2-3-13(12)7-11/h2-7H,8H2,1H3. The van der Waals surface area contributed by atoms with Crippen LogP contribution in [0, 0.1) is 0 Å². The second-order valence-electron chi connectivity index (χ2n) is 3.59. The number of hydrogen-bond donors (Lipinski definition) is 0. The number of ketones is 1. The zero-order chi connectivity index (χ0) is 10.8. The molecule has 2 rings (SSSR count). The number of Topliss-reactive ketones (excluding diaryl/α,β-unsaturated/α-hetero) is 1. The summed E-state index contributed by atoms with van der Waals surface area (Å²) in [7, 11) is 0. The predicted molar refractivity (Wildman–Crippen MR) is 66.6 cm³/mol. The van der Waals surface area contributed by atoms with Crippen LogP contribution in [0.25, 0.3) is 10.8 Å². The highest BCUT2D eigenvalue weighted by atomic mass is 79.9. The van der Waals surface area contributed by atoms with Crippen molar-refractivity contribution in [3.63, 3.8) is 0 Å². The average molecular weight is 263 g/mol. The van der Waals surface area contributed by atoms with Gasteiger partial charge in [0.1, 0.15) is 0 Å². The molecular formula is C13H11BrO. The Bertz CT molecular complexity index is 517. The van der Waals surface area contributed by atoms with Gasteiger partial charge in [-0.05, 0) is 29.3 Å². The van der Waals surface area contributed by atoms with Crippen LogP contribution in [0.2, 0.25) is 0 Å². The molecule has 0 aliphatic rings. The van der Waals surface area contributed by atoms with Crippen LogP contribution in [0.5, 0.6) is 0 Å². The Morgan fingerprint density at radius 1 is 1.13 bits per heavy atom. The number of benzene rings is 2. The Morgan fingerprint density at radius 3 is 2.47 bits per heavy atom.